The van der Waals surface area contributed by atoms with Crippen molar-refractivity contribution in [3.8, 4) is 10.7 Å². The summed E-state index contributed by atoms with van der Waals surface area (Å²) in [6, 6.07) is 10.7. The number of pyridine rings is 1. The molecule has 0 aliphatic rings. The standard InChI is InChI=1S/C31H38N4O7S2/c1-18(32-29(39)42-31(5,6)7)24-20(27(37)40-16-19-11-9-8-10-12-19)13-14-21(33-24)26-35-23(17-44-26)25(43)34-22(15-36)28(38)41-30(2,3)4/h8-14,17-18,22,36H,15-16H2,1-7H3,(H,32,39)(H,34,43)/t18-,22-/m0/s1. The van der Waals surface area contributed by atoms with Crippen LogP contribution in [0.4, 0.5) is 4.79 Å². The Balaban J connectivity index is 1.86. The zero-order chi connectivity index (χ0) is 32.7. The molecule has 0 radical (unpaired) electrons. The Kier molecular flexibility index (Phi) is 11.5. The summed E-state index contributed by atoms with van der Waals surface area (Å²) in [5.41, 5.74) is 0.569. The molecule has 2 atom stereocenters. The van der Waals surface area contributed by atoms with Gasteiger partial charge in [-0.3, -0.25) is 0 Å². The average Bonchev–Trinajstić information content (AvgIpc) is 3.43. The summed E-state index contributed by atoms with van der Waals surface area (Å²) >= 11 is 6.68. The van der Waals surface area contributed by atoms with Gasteiger partial charge < -0.3 is 30.0 Å². The number of carbonyl (C=O) groups is 3. The summed E-state index contributed by atoms with van der Waals surface area (Å²) in [6.45, 7) is 11.6. The van der Waals surface area contributed by atoms with Gasteiger partial charge >= 0.3 is 18.0 Å². The highest BCUT2D eigenvalue weighted by Crippen LogP contribution is 2.27. The van der Waals surface area contributed by atoms with Crippen LogP contribution in [0.5, 0.6) is 0 Å². The number of rotatable bonds is 10. The summed E-state index contributed by atoms with van der Waals surface area (Å²) < 4.78 is 16.3. The maximum absolute atomic E-state index is 13.2. The number of benzene rings is 1. The third kappa shape index (κ3) is 10.4. The molecule has 0 aliphatic carbocycles. The molecule has 2 heterocycles. The molecule has 0 spiro atoms. The van der Waals surface area contributed by atoms with Crippen LogP contribution in [0.1, 0.15) is 81.8 Å². The monoisotopic (exact) mass is 642 g/mol. The Bertz CT molecular complexity index is 1480. The number of hydrogen-bond donors (Lipinski definition) is 3. The van der Waals surface area contributed by atoms with Crippen molar-refractivity contribution in [2.24, 2.45) is 0 Å². The summed E-state index contributed by atoms with van der Waals surface area (Å²) in [6.07, 6.45) is -0.669. The molecule has 44 heavy (non-hydrogen) atoms. The molecule has 3 aromatic rings. The van der Waals surface area contributed by atoms with E-state index in [0.717, 1.165) is 5.56 Å². The SMILES string of the molecule is C[C@H](NC(=O)OC(C)(C)C)c1nc(-c2nc(C(=S)N[C@@H](CO)C(=O)OC(C)(C)C)cs2)ccc1C(=O)OCc1ccccc1. The number of hydrogen-bond acceptors (Lipinski definition) is 11. The van der Waals surface area contributed by atoms with Gasteiger partial charge in [0.05, 0.1) is 29.6 Å². The average molecular weight is 643 g/mol. The number of thiazole rings is 1. The van der Waals surface area contributed by atoms with E-state index < -0.39 is 47.9 Å². The summed E-state index contributed by atoms with van der Waals surface area (Å²) in [5.74, 6) is -1.26. The van der Waals surface area contributed by atoms with E-state index in [1.807, 2.05) is 30.3 Å². The van der Waals surface area contributed by atoms with Gasteiger partial charge in [0.15, 0.2) is 0 Å². The van der Waals surface area contributed by atoms with E-state index in [1.54, 1.807) is 66.0 Å². The number of aliphatic hydroxyl groups excluding tert-OH is 1. The van der Waals surface area contributed by atoms with Crippen LogP contribution in [0.25, 0.3) is 10.7 Å². The van der Waals surface area contributed by atoms with Crippen LogP contribution >= 0.6 is 23.6 Å². The first-order valence-electron chi connectivity index (χ1n) is 13.9. The lowest BCUT2D eigenvalue weighted by molar-refractivity contribution is -0.158. The zero-order valence-corrected chi connectivity index (χ0v) is 27.4. The van der Waals surface area contributed by atoms with Gasteiger partial charge in [-0.25, -0.2) is 24.4 Å². The van der Waals surface area contributed by atoms with Crippen molar-refractivity contribution in [1.82, 2.24) is 20.6 Å². The van der Waals surface area contributed by atoms with Crippen LogP contribution in [0.3, 0.4) is 0 Å². The van der Waals surface area contributed by atoms with Gasteiger partial charge in [0, 0.05) is 5.38 Å². The molecule has 11 nitrogen and oxygen atoms in total. The van der Waals surface area contributed by atoms with Gasteiger partial charge in [0.2, 0.25) is 0 Å². The number of nitrogens with one attached hydrogen (secondary N) is 2. The van der Waals surface area contributed by atoms with Crippen LogP contribution in [-0.4, -0.2) is 61.9 Å². The molecule has 2 aromatic heterocycles. The predicted molar refractivity (Wildman–Crippen MR) is 170 cm³/mol. The van der Waals surface area contributed by atoms with Gasteiger partial charge in [0.25, 0.3) is 0 Å². The van der Waals surface area contributed by atoms with Crippen molar-refractivity contribution in [2.45, 2.75) is 78.4 Å². The number of carbonyl (C=O) groups excluding carboxylic acids is 3. The molecule has 3 rings (SSSR count). The first kappa shape index (κ1) is 34.5. The van der Waals surface area contributed by atoms with Crippen LogP contribution in [0, 0.1) is 0 Å². The van der Waals surface area contributed by atoms with Gasteiger partial charge in [-0.2, -0.15) is 0 Å². The third-order valence-electron chi connectivity index (χ3n) is 5.64. The Labute approximate surface area is 266 Å². The van der Waals surface area contributed by atoms with Crippen molar-refractivity contribution in [2.75, 3.05) is 6.61 Å². The minimum absolute atomic E-state index is 0.0627. The van der Waals surface area contributed by atoms with Crippen molar-refractivity contribution in [3.63, 3.8) is 0 Å². The van der Waals surface area contributed by atoms with Crippen LogP contribution < -0.4 is 10.6 Å². The van der Waals surface area contributed by atoms with E-state index in [9.17, 15) is 19.5 Å². The molecule has 1 amide bonds. The van der Waals surface area contributed by atoms with Crippen LogP contribution in [-0.2, 0) is 25.6 Å². The normalized spacial score (nSPS) is 12.9. The summed E-state index contributed by atoms with van der Waals surface area (Å²) in [5, 5.41) is 17.4. The first-order valence-corrected chi connectivity index (χ1v) is 15.2. The van der Waals surface area contributed by atoms with Gasteiger partial charge in [-0.1, -0.05) is 42.5 Å². The Morgan fingerprint density at radius 1 is 0.955 bits per heavy atom. The van der Waals surface area contributed by atoms with Gasteiger partial charge in [-0.05, 0) is 66.2 Å². The fourth-order valence-electron chi connectivity index (χ4n) is 3.73. The second-order valence-electron chi connectivity index (χ2n) is 11.8. The molecule has 0 fully saturated rings. The molecule has 0 unspecified atom stereocenters. The Morgan fingerprint density at radius 3 is 2.23 bits per heavy atom. The van der Waals surface area contributed by atoms with E-state index >= 15 is 0 Å². The van der Waals surface area contributed by atoms with Crippen molar-refractivity contribution < 1.29 is 33.7 Å². The fraction of sp³-hybridized carbons (Fsp3) is 0.419. The lowest BCUT2D eigenvalue weighted by Crippen LogP contribution is -2.46. The fourth-order valence-corrected chi connectivity index (χ4v) is 4.83. The van der Waals surface area contributed by atoms with Crippen LogP contribution in [0.15, 0.2) is 47.8 Å². The third-order valence-corrected chi connectivity index (χ3v) is 6.83. The molecule has 13 heteroatoms. The first-order chi connectivity index (χ1) is 20.6. The number of aliphatic hydroxyl groups is 1. The van der Waals surface area contributed by atoms with Crippen molar-refractivity contribution in [3.05, 3.63) is 70.4 Å². The van der Waals surface area contributed by atoms with E-state index in [4.69, 9.17) is 26.4 Å². The number of thiocarbonyl (C=S) groups is 1. The summed E-state index contributed by atoms with van der Waals surface area (Å²) in [4.78, 5) is 47.5. The quantitative estimate of drug-likeness (QED) is 0.154. The predicted octanol–water partition coefficient (Wildman–Crippen LogP) is 5.12. The van der Waals surface area contributed by atoms with E-state index in [0.29, 0.717) is 16.4 Å². The maximum Gasteiger partial charge on any atom is 0.408 e. The minimum Gasteiger partial charge on any atom is -0.458 e. The van der Waals surface area contributed by atoms with E-state index in [-0.39, 0.29) is 22.9 Å². The Hall–Kier alpha value is -3.94. The lowest BCUT2D eigenvalue weighted by Gasteiger charge is -2.23. The molecule has 0 saturated carbocycles. The van der Waals surface area contributed by atoms with E-state index in [1.165, 1.54) is 11.3 Å². The van der Waals surface area contributed by atoms with Gasteiger partial charge in [0.1, 0.15) is 39.5 Å². The maximum atomic E-state index is 13.2. The second kappa shape index (κ2) is 14.7. The molecule has 1 aromatic carbocycles. The molecule has 236 valence electrons. The highest BCUT2D eigenvalue weighted by molar-refractivity contribution is 7.80. The molecule has 0 aliphatic heterocycles. The van der Waals surface area contributed by atoms with Crippen LogP contribution in [0.2, 0.25) is 0 Å². The zero-order valence-electron chi connectivity index (χ0n) is 25.8. The molecule has 0 saturated heterocycles. The smallest absolute Gasteiger partial charge is 0.408 e. The molecule has 3 N–H and O–H groups in total. The highest BCUT2D eigenvalue weighted by Gasteiger charge is 2.27. The topological polar surface area (TPSA) is 149 Å². The molecular weight excluding hydrogens is 604 g/mol. The molecule has 0 bridgehead atoms. The minimum atomic E-state index is -1.07. The largest absolute Gasteiger partial charge is 0.458 e. The number of amides is 1. The summed E-state index contributed by atoms with van der Waals surface area (Å²) in [7, 11) is 0. The number of esters is 2. The van der Waals surface area contributed by atoms with Crippen molar-refractivity contribution >= 4 is 46.6 Å². The highest BCUT2D eigenvalue weighted by atomic mass is 32.1. The number of ether oxygens (including phenoxy) is 3. The lowest BCUT2D eigenvalue weighted by atomic mass is 10.1. The number of alkyl carbamates (subject to hydrolysis) is 1. The molecular formula is C31H38N4O7S2. The van der Waals surface area contributed by atoms with Crippen molar-refractivity contribution in [1.29, 1.82) is 0 Å². The number of nitrogens with zero attached hydrogens (tertiary/aromatic N) is 2. The number of aromatic nitrogens is 2. The second-order valence-corrected chi connectivity index (χ2v) is 13.1. The van der Waals surface area contributed by atoms with Gasteiger partial charge in [-0.15, -0.1) is 11.3 Å². The Morgan fingerprint density at radius 2 is 1.61 bits per heavy atom. The van der Waals surface area contributed by atoms with E-state index in [2.05, 4.69) is 20.6 Å².